The number of aromatic carboxylic acids is 1. The minimum Gasteiger partial charge on any atom is -0.478 e. The molecule has 0 aromatic heterocycles. The van der Waals surface area contributed by atoms with Crippen LogP contribution in [0.4, 0.5) is 0 Å². The third kappa shape index (κ3) is 3.23. The van der Waals surface area contributed by atoms with E-state index < -0.39 is 5.97 Å². The zero-order chi connectivity index (χ0) is 17.3. The van der Waals surface area contributed by atoms with Crippen molar-refractivity contribution in [2.45, 2.75) is 25.8 Å². The maximum Gasteiger partial charge on any atom is 0.335 e. The zero-order valence-corrected chi connectivity index (χ0v) is 13.7. The first-order valence-electron chi connectivity index (χ1n) is 7.82. The molecule has 0 atom stereocenters. The molecule has 2 N–H and O–H groups in total. The molecular formula is C20H19NO3. The second-order valence-corrected chi connectivity index (χ2v) is 6.65. The van der Waals surface area contributed by atoms with Crippen LogP contribution in [0, 0.1) is 0 Å². The van der Waals surface area contributed by atoms with Crippen LogP contribution in [0.5, 0.6) is 0 Å². The summed E-state index contributed by atoms with van der Waals surface area (Å²) in [6.07, 6.45) is 2.32. The van der Waals surface area contributed by atoms with Crippen molar-refractivity contribution in [2.24, 2.45) is 0 Å². The molecule has 1 aliphatic rings. The summed E-state index contributed by atoms with van der Waals surface area (Å²) in [7, 11) is 0. The van der Waals surface area contributed by atoms with E-state index in [2.05, 4.69) is 19.2 Å². The molecular weight excluding hydrogens is 302 g/mol. The van der Waals surface area contributed by atoms with E-state index in [1.54, 1.807) is 30.3 Å². The summed E-state index contributed by atoms with van der Waals surface area (Å²) in [6, 6.07) is 14.1. The number of carbonyl (C=O) groups is 2. The number of hydrogen-bond donors (Lipinski definition) is 2. The van der Waals surface area contributed by atoms with E-state index in [0.717, 1.165) is 17.5 Å². The number of carbonyl (C=O) groups excluding carboxylic acids is 1. The number of carboxylic acids is 1. The van der Waals surface area contributed by atoms with Gasteiger partial charge in [0.2, 0.25) is 0 Å². The van der Waals surface area contributed by atoms with E-state index in [4.69, 9.17) is 0 Å². The molecule has 0 saturated heterocycles. The average Bonchev–Trinajstić information content (AvgIpc) is 2.54. The molecule has 0 amide bonds. The van der Waals surface area contributed by atoms with Gasteiger partial charge in [-0.05, 0) is 38.0 Å². The molecule has 122 valence electrons. The van der Waals surface area contributed by atoms with Crippen LogP contribution < -0.4 is 5.32 Å². The second-order valence-electron chi connectivity index (χ2n) is 6.65. The van der Waals surface area contributed by atoms with Gasteiger partial charge in [0.15, 0.2) is 5.78 Å². The van der Waals surface area contributed by atoms with Gasteiger partial charge in [-0.3, -0.25) is 4.79 Å². The third-order valence-corrected chi connectivity index (χ3v) is 4.09. The zero-order valence-electron chi connectivity index (χ0n) is 13.7. The average molecular weight is 321 g/mol. The lowest BCUT2D eigenvalue weighted by Crippen LogP contribution is -2.44. The van der Waals surface area contributed by atoms with Crippen LogP contribution in [-0.4, -0.2) is 22.4 Å². The van der Waals surface area contributed by atoms with E-state index in [1.807, 2.05) is 24.3 Å². The molecule has 3 rings (SSSR count). The molecule has 24 heavy (non-hydrogen) atoms. The lowest BCUT2D eigenvalue weighted by atomic mass is 9.84. The molecule has 0 spiro atoms. The van der Waals surface area contributed by atoms with E-state index in [9.17, 15) is 14.7 Å². The van der Waals surface area contributed by atoms with E-state index in [-0.39, 0.29) is 16.9 Å². The summed E-state index contributed by atoms with van der Waals surface area (Å²) < 4.78 is 0. The Morgan fingerprint density at radius 3 is 2.46 bits per heavy atom. The number of carboxylic acid groups (broad SMARTS) is 1. The number of rotatable bonds is 3. The van der Waals surface area contributed by atoms with Gasteiger partial charge in [-0.1, -0.05) is 36.4 Å². The standard InChI is InChI=1S/C20H19NO3/c1-20(2)12-15-9-8-14(19(23)24)10-16(15)17(21-20)11-18(22)13-6-4-3-5-7-13/h3-11,21H,12H2,1-2H3,(H,23,24)/b17-11-. The highest BCUT2D eigenvalue weighted by Gasteiger charge is 2.28. The van der Waals surface area contributed by atoms with Crippen LogP contribution in [0.2, 0.25) is 0 Å². The van der Waals surface area contributed by atoms with Crippen molar-refractivity contribution in [3.05, 3.63) is 76.9 Å². The molecule has 1 heterocycles. The monoisotopic (exact) mass is 321 g/mol. The van der Waals surface area contributed by atoms with E-state index >= 15 is 0 Å². The molecule has 4 heteroatoms. The third-order valence-electron chi connectivity index (χ3n) is 4.09. The minimum atomic E-state index is -0.976. The fraction of sp³-hybridized carbons (Fsp3) is 0.200. The maximum absolute atomic E-state index is 12.5. The van der Waals surface area contributed by atoms with Gasteiger partial charge in [-0.15, -0.1) is 0 Å². The van der Waals surface area contributed by atoms with Crippen LogP contribution in [-0.2, 0) is 6.42 Å². The van der Waals surface area contributed by atoms with Crippen molar-refractivity contribution in [3.8, 4) is 0 Å². The Bertz CT molecular complexity index is 835. The Kier molecular flexibility index (Phi) is 3.97. The summed E-state index contributed by atoms with van der Waals surface area (Å²) in [4.78, 5) is 23.8. The van der Waals surface area contributed by atoms with Gasteiger partial charge in [0, 0.05) is 28.4 Å². The highest BCUT2D eigenvalue weighted by Crippen LogP contribution is 2.30. The van der Waals surface area contributed by atoms with Crippen LogP contribution >= 0.6 is 0 Å². The lowest BCUT2D eigenvalue weighted by molar-refractivity contribution is 0.0696. The van der Waals surface area contributed by atoms with Gasteiger partial charge in [0.05, 0.1) is 5.56 Å². The second kappa shape index (κ2) is 5.96. The van der Waals surface area contributed by atoms with Crippen LogP contribution in [0.3, 0.4) is 0 Å². The Hall–Kier alpha value is -2.88. The van der Waals surface area contributed by atoms with Crippen molar-refractivity contribution in [1.82, 2.24) is 5.32 Å². The minimum absolute atomic E-state index is 0.109. The van der Waals surface area contributed by atoms with Crippen LogP contribution in [0.1, 0.15) is 45.7 Å². The molecule has 0 saturated carbocycles. The van der Waals surface area contributed by atoms with Crippen LogP contribution in [0.25, 0.3) is 5.70 Å². The first kappa shape index (κ1) is 16.0. The molecule has 2 aromatic carbocycles. The fourth-order valence-electron chi connectivity index (χ4n) is 3.00. The van der Waals surface area contributed by atoms with Gasteiger partial charge in [0.25, 0.3) is 0 Å². The molecule has 0 aliphatic carbocycles. The summed E-state index contributed by atoms with van der Waals surface area (Å²) in [5.41, 5.74) is 3.09. The highest BCUT2D eigenvalue weighted by atomic mass is 16.4. The van der Waals surface area contributed by atoms with Crippen molar-refractivity contribution in [2.75, 3.05) is 0 Å². The number of fused-ring (bicyclic) bond motifs is 1. The molecule has 4 nitrogen and oxygen atoms in total. The predicted octanol–water partition coefficient (Wildman–Crippen LogP) is 3.53. The smallest absolute Gasteiger partial charge is 0.335 e. The van der Waals surface area contributed by atoms with Crippen molar-refractivity contribution in [3.63, 3.8) is 0 Å². The lowest BCUT2D eigenvalue weighted by Gasteiger charge is -2.35. The summed E-state index contributed by atoms with van der Waals surface area (Å²) in [5, 5.41) is 12.6. The largest absolute Gasteiger partial charge is 0.478 e. The normalized spacial score (nSPS) is 17.0. The predicted molar refractivity (Wildman–Crippen MR) is 93.1 cm³/mol. The number of allylic oxidation sites excluding steroid dienone is 1. The van der Waals surface area contributed by atoms with Crippen molar-refractivity contribution >= 4 is 17.4 Å². The molecule has 2 aromatic rings. The van der Waals surface area contributed by atoms with Crippen LogP contribution in [0.15, 0.2) is 54.6 Å². The fourth-order valence-corrected chi connectivity index (χ4v) is 3.00. The Balaban J connectivity index is 2.07. The van der Waals surface area contributed by atoms with E-state index in [1.165, 1.54) is 0 Å². The molecule has 0 fully saturated rings. The Morgan fingerprint density at radius 1 is 1.08 bits per heavy atom. The maximum atomic E-state index is 12.5. The number of hydrogen-bond acceptors (Lipinski definition) is 3. The van der Waals surface area contributed by atoms with Gasteiger partial charge >= 0.3 is 5.97 Å². The molecule has 0 bridgehead atoms. The highest BCUT2D eigenvalue weighted by molar-refractivity contribution is 6.08. The van der Waals surface area contributed by atoms with Gasteiger partial charge in [0.1, 0.15) is 0 Å². The van der Waals surface area contributed by atoms with Gasteiger partial charge in [-0.2, -0.15) is 0 Å². The Morgan fingerprint density at radius 2 is 1.79 bits per heavy atom. The first-order valence-corrected chi connectivity index (χ1v) is 7.82. The topological polar surface area (TPSA) is 66.4 Å². The van der Waals surface area contributed by atoms with Crippen molar-refractivity contribution in [1.29, 1.82) is 0 Å². The number of ketones is 1. The molecule has 0 radical (unpaired) electrons. The summed E-state index contributed by atoms with van der Waals surface area (Å²) >= 11 is 0. The first-order chi connectivity index (χ1) is 11.4. The molecule has 0 unspecified atom stereocenters. The number of nitrogens with one attached hydrogen (secondary N) is 1. The van der Waals surface area contributed by atoms with Gasteiger partial charge in [-0.25, -0.2) is 4.79 Å². The number of benzene rings is 2. The summed E-state index contributed by atoms with van der Waals surface area (Å²) in [6.45, 7) is 4.11. The summed E-state index contributed by atoms with van der Waals surface area (Å²) in [5.74, 6) is -1.08. The quantitative estimate of drug-likeness (QED) is 0.670. The molecule has 1 aliphatic heterocycles. The Labute approximate surface area is 140 Å². The van der Waals surface area contributed by atoms with Gasteiger partial charge < -0.3 is 10.4 Å². The van der Waals surface area contributed by atoms with E-state index in [0.29, 0.717) is 11.3 Å². The van der Waals surface area contributed by atoms with Crippen molar-refractivity contribution < 1.29 is 14.7 Å². The SMILES string of the molecule is CC1(C)Cc2ccc(C(=O)O)cc2/C(=C/C(=O)c2ccccc2)N1.